The van der Waals surface area contributed by atoms with Crippen LogP contribution in [0.15, 0.2) is 12.5 Å². The zero-order chi connectivity index (χ0) is 13.1. The maximum absolute atomic E-state index is 10.7. The molecule has 2 aromatic heterocycles. The normalized spacial score (nSPS) is 10.1. The topological polar surface area (TPSA) is 112 Å². The molecule has 0 aliphatic carbocycles. The van der Waals surface area contributed by atoms with Crippen LogP contribution < -0.4 is 9.47 Å². The molecule has 0 bridgehead atoms. The Labute approximate surface area is 101 Å². The first-order chi connectivity index (χ1) is 8.63. The van der Waals surface area contributed by atoms with Gasteiger partial charge < -0.3 is 14.6 Å². The summed E-state index contributed by atoms with van der Waals surface area (Å²) in [5.41, 5.74) is -0.117. The van der Waals surface area contributed by atoms with E-state index in [1.165, 1.54) is 31.3 Å². The van der Waals surface area contributed by atoms with Crippen molar-refractivity contribution in [3.8, 4) is 18.0 Å². The van der Waals surface area contributed by atoms with Gasteiger partial charge in [-0.15, -0.1) is 4.98 Å². The Morgan fingerprint density at radius 3 is 2.28 bits per heavy atom. The summed E-state index contributed by atoms with van der Waals surface area (Å²) in [4.78, 5) is 26.1. The summed E-state index contributed by atoms with van der Waals surface area (Å²) in [7, 11) is 2.80. The number of rotatable bonds is 4. The van der Waals surface area contributed by atoms with Gasteiger partial charge in [0.2, 0.25) is 5.95 Å². The number of ether oxygens (including phenoxy) is 2. The smallest absolute Gasteiger partial charge is 0.356 e. The van der Waals surface area contributed by atoms with E-state index in [-0.39, 0.29) is 23.7 Å². The molecule has 0 aliphatic rings. The third kappa shape index (κ3) is 2.19. The molecule has 9 heteroatoms. The van der Waals surface area contributed by atoms with E-state index in [1.807, 2.05) is 0 Å². The Kier molecular flexibility index (Phi) is 3.04. The molecule has 94 valence electrons. The van der Waals surface area contributed by atoms with Crippen molar-refractivity contribution < 1.29 is 19.4 Å². The Morgan fingerprint density at radius 2 is 1.83 bits per heavy atom. The standard InChI is InChI=1S/C9H9N5O4/c1-17-8-11-7(12-9(13-8)18-2)14-3-5(6(15)16)10-4-14/h3-4H,1-2H3,(H,15,16). The van der Waals surface area contributed by atoms with E-state index in [0.29, 0.717) is 0 Å². The number of aromatic nitrogens is 5. The fourth-order valence-corrected chi connectivity index (χ4v) is 1.17. The Hall–Kier alpha value is -2.71. The molecule has 2 rings (SSSR count). The summed E-state index contributed by atoms with van der Waals surface area (Å²) < 4.78 is 11.1. The van der Waals surface area contributed by atoms with Crippen LogP contribution in [-0.4, -0.2) is 49.8 Å². The van der Waals surface area contributed by atoms with Gasteiger partial charge in [0.1, 0.15) is 6.33 Å². The predicted octanol–water partition coefficient (Wildman–Crippen LogP) is -0.227. The van der Waals surface area contributed by atoms with Crippen LogP contribution >= 0.6 is 0 Å². The lowest BCUT2D eigenvalue weighted by atomic mass is 10.5. The summed E-state index contributed by atoms with van der Waals surface area (Å²) >= 11 is 0. The molecule has 0 fully saturated rings. The number of carboxylic acid groups (broad SMARTS) is 1. The zero-order valence-corrected chi connectivity index (χ0v) is 9.56. The minimum atomic E-state index is -1.14. The number of carboxylic acids is 1. The second kappa shape index (κ2) is 4.65. The number of imidazole rings is 1. The molecular weight excluding hydrogens is 242 g/mol. The first-order valence-electron chi connectivity index (χ1n) is 4.75. The van der Waals surface area contributed by atoms with Crippen LogP contribution in [0, 0.1) is 0 Å². The largest absolute Gasteiger partial charge is 0.476 e. The van der Waals surface area contributed by atoms with E-state index in [1.54, 1.807) is 0 Å². The van der Waals surface area contributed by atoms with Crippen molar-refractivity contribution in [1.82, 2.24) is 24.5 Å². The third-order valence-corrected chi connectivity index (χ3v) is 1.98. The van der Waals surface area contributed by atoms with Crippen LogP contribution in [-0.2, 0) is 0 Å². The van der Waals surface area contributed by atoms with Crippen molar-refractivity contribution >= 4 is 5.97 Å². The van der Waals surface area contributed by atoms with Crippen LogP contribution in [0.2, 0.25) is 0 Å². The summed E-state index contributed by atoms with van der Waals surface area (Å²) in [6, 6.07) is 0.116. The molecule has 1 N–H and O–H groups in total. The highest BCUT2D eigenvalue weighted by molar-refractivity contribution is 5.85. The highest BCUT2D eigenvalue weighted by atomic mass is 16.5. The van der Waals surface area contributed by atoms with E-state index in [4.69, 9.17) is 14.6 Å². The van der Waals surface area contributed by atoms with Gasteiger partial charge in [0.15, 0.2) is 5.69 Å². The first kappa shape index (κ1) is 11.8. The maximum atomic E-state index is 10.7. The average molecular weight is 251 g/mol. The van der Waals surface area contributed by atoms with Crippen LogP contribution in [0.3, 0.4) is 0 Å². The van der Waals surface area contributed by atoms with Crippen molar-refractivity contribution in [1.29, 1.82) is 0 Å². The summed E-state index contributed by atoms with van der Waals surface area (Å²) in [5.74, 6) is -0.986. The summed E-state index contributed by atoms with van der Waals surface area (Å²) in [6.07, 6.45) is 2.55. The van der Waals surface area contributed by atoms with Gasteiger partial charge in [0, 0.05) is 6.20 Å². The molecule has 0 saturated heterocycles. The molecule has 0 aliphatic heterocycles. The van der Waals surface area contributed by atoms with Crippen molar-refractivity contribution in [3.63, 3.8) is 0 Å². The predicted molar refractivity (Wildman–Crippen MR) is 57.0 cm³/mol. The lowest BCUT2D eigenvalue weighted by molar-refractivity contribution is 0.0691. The Morgan fingerprint density at radius 1 is 1.22 bits per heavy atom. The highest BCUT2D eigenvalue weighted by Gasteiger charge is 2.12. The molecule has 0 radical (unpaired) electrons. The van der Waals surface area contributed by atoms with Gasteiger partial charge in [0.25, 0.3) is 0 Å². The van der Waals surface area contributed by atoms with E-state index in [9.17, 15) is 4.79 Å². The average Bonchev–Trinajstić information content (AvgIpc) is 2.87. The third-order valence-electron chi connectivity index (χ3n) is 1.98. The molecule has 0 atom stereocenters. The number of methoxy groups -OCH3 is 2. The number of carbonyl (C=O) groups is 1. The summed E-state index contributed by atoms with van der Waals surface area (Å²) in [5, 5.41) is 8.77. The van der Waals surface area contributed by atoms with Gasteiger partial charge in [-0.05, 0) is 0 Å². The number of aromatic carboxylic acids is 1. The molecule has 0 amide bonds. The first-order valence-corrected chi connectivity index (χ1v) is 4.75. The molecule has 0 saturated carbocycles. The molecule has 2 aromatic rings. The van der Waals surface area contributed by atoms with Gasteiger partial charge >= 0.3 is 18.0 Å². The van der Waals surface area contributed by atoms with Crippen molar-refractivity contribution in [2.45, 2.75) is 0 Å². The molecule has 0 unspecified atom stereocenters. The Balaban J connectivity index is 2.45. The maximum Gasteiger partial charge on any atom is 0.356 e. The SMILES string of the molecule is COc1nc(OC)nc(-n2cnc(C(=O)O)c2)n1. The monoisotopic (exact) mass is 251 g/mol. The minimum Gasteiger partial charge on any atom is -0.476 e. The highest BCUT2D eigenvalue weighted by Crippen LogP contribution is 2.12. The number of hydrogen-bond acceptors (Lipinski definition) is 7. The van der Waals surface area contributed by atoms with E-state index >= 15 is 0 Å². The van der Waals surface area contributed by atoms with Crippen LogP contribution in [0.1, 0.15) is 10.5 Å². The van der Waals surface area contributed by atoms with E-state index < -0.39 is 5.97 Å². The van der Waals surface area contributed by atoms with E-state index in [0.717, 1.165) is 0 Å². The molecule has 9 nitrogen and oxygen atoms in total. The fourth-order valence-electron chi connectivity index (χ4n) is 1.17. The molecule has 18 heavy (non-hydrogen) atoms. The molecule has 0 aromatic carbocycles. The molecule has 2 heterocycles. The van der Waals surface area contributed by atoms with Crippen LogP contribution in [0.5, 0.6) is 12.0 Å². The van der Waals surface area contributed by atoms with Crippen LogP contribution in [0.4, 0.5) is 0 Å². The number of nitrogens with zero attached hydrogens (tertiary/aromatic N) is 5. The summed E-state index contributed by atoms with van der Waals surface area (Å²) in [6.45, 7) is 0. The van der Waals surface area contributed by atoms with Gasteiger partial charge in [-0.25, -0.2) is 9.78 Å². The van der Waals surface area contributed by atoms with E-state index in [2.05, 4.69) is 19.9 Å². The quantitative estimate of drug-likeness (QED) is 0.793. The van der Waals surface area contributed by atoms with Gasteiger partial charge in [-0.2, -0.15) is 9.97 Å². The zero-order valence-electron chi connectivity index (χ0n) is 9.56. The minimum absolute atomic E-state index is 0.0578. The van der Waals surface area contributed by atoms with Gasteiger partial charge in [0.05, 0.1) is 14.2 Å². The van der Waals surface area contributed by atoms with Crippen molar-refractivity contribution in [3.05, 3.63) is 18.2 Å². The lowest BCUT2D eigenvalue weighted by Gasteiger charge is -2.04. The number of hydrogen-bond donors (Lipinski definition) is 1. The van der Waals surface area contributed by atoms with Gasteiger partial charge in [-0.1, -0.05) is 0 Å². The molecule has 0 spiro atoms. The lowest BCUT2D eigenvalue weighted by Crippen LogP contribution is -2.05. The van der Waals surface area contributed by atoms with Crippen molar-refractivity contribution in [2.75, 3.05) is 14.2 Å². The fraction of sp³-hybridized carbons (Fsp3) is 0.222. The second-order valence-corrected chi connectivity index (χ2v) is 3.08. The van der Waals surface area contributed by atoms with Crippen LogP contribution in [0.25, 0.3) is 5.95 Å². The molecular formula is C9H9N5O4. The Bertz CT molecular complexity index is 560. The van der Waals surface area contributed by atoms with Crippen molar-refractivity contribution in [2.24, 2.45) is 0 Å². The second-order valence-electron chi connectivity index (χ2n) is 3.08. The van der Waals surface area contributed by atoms with Gasteiger partial charge in [-0.3, -0.25) is 4.57 Å².